The molecule has 0 unspecified atom stereocenters. The Labute approximate surface area is 84.9 Å². The molecule has 3 N–H and O–H groups in total. The van der Waals surface area contributed by atoms with Crippen molar-refractivity contribution in [3.05, 3.63) is 29.8 Å². The number of rotatable bonds is 5. The van der Waals surface area contributed by atoms with Crippen molar-refractivity contribution in [3.8, 4) is 0 Å². The van der Waals surface area contributed by atoms with Crippen LogP contribution in [-0.2, 0) is 6.54 Å². The van der Waals surface area contributed by atoms with Crippen molar-refractivity contribution in [2.75, 3.05) is 13.1 Å². The molecule has 0 bridgehead atoms. The van der Waals surface area contributed by atoms with Gasteiger partial charge in [-0.2, -0.15) is 0 Å². The van der Waals surface area contributed by atoms with Gasteiger partial charge in [-0.1, -0.05) is 12.1 Å². The minimum atomic E-state index is 0.753. The fourth-order valence-corrected chi connectivity index (χ4v) is 1.22. The summed E-state index contributed by atoms with van der Waals surface area (Å²) in [6.07, 6.45) is 1.03. The summed E-state index contributed by atoms with van der Waals surface area (Å²) >= 11 is 4.22. The molecule has 0 amide bonds. The Morgan fingerprint density at radius 1 is 1.23 bits per heavy atom. The van der Waals surface area contributed by atoms with Crippen molar-refractivity contribution in [1.29, 1.82) is 0 Å². The van der Waals surface area contributed by atoms with Gasteiger partial charge >= 0.3 is 0 Å². The van der Waals surface area contributed by atoms with Gasteiger partial charge in [0.25, 0.3) is 0 Å². The smallest absolute Gasteiger partial charge is 0.0205 e. The van der Waals surface area contributed by atoms with Crippen LogP contribution in [0.3, 0.4) is 0 Å². The monoisotopic (exact) mass is 196 g/mol. The summed E-state index contributed by atoms with van der Waals surface area (Å²) in [5, 5.41) is 3.32. The first-order valence-corrected chi connectivity index (χ1v) is 4.96. The number of hydrogen-bond donors (Lipinski definition) is 3. The lowest BCUT2D eigenvalue weighted by atomic mass is 10.2. The van der Waals surface area contributed by atoms with E-state index in [0.29, 0.717) is 0 Å². The molecule has 2 nitrogen and oxygen atoms in total. The van der Waals surface area contributed by atoms with Crippen LogP contribution in [0.25, 0.3) is 0 Å². The maximum atomic E-state index is 5.38. The third-order valence-corrected chi connectivity index (χ3v) is 2.12. The van der Waals surface area contributed by atoms with Gasteiger partial charge in [-0.05, 0) is 37.2 Å². The molecule has 1 aromatic rings. The molecule has 1 aromatic carbocycles. The zero-order valence-corrected chi connectivity index (χ0v) is 8.56. The highest BCUT2D eigenvalue weighted by molar-refractivity contribution is 7.80. The molecule has 0 saturated heterocycles. The van der Waals surface area contributed by atoms with E-state index in [9.17, 15) is 0 Å². The lowest BCUT2D eigenvalue weighted by Gasteiger charge is -2.03. The van der Waals surface area contributed by atoms with Gasteiger partial charge in [0.2, 0.25) is 0 Å². The van der Waals surface area contributed by atoms with Crippen LogP contribution in [0.2, 0.25) is 0 Å². The summed E-state index contributed by atoms with van der Waals surface area (Å²) < 4.78 is 0. The minimum absolute atomic E-state index is 0.753. The first kappa shape index (κ1) is 10.6. The van der Waals surface area contributed by atoms with Crippen LogP contribution in [0.5, 0.6) is 0 Å². The highest BCUT2D eigenvalue weighted by atomic mass is 32.1. The van der Waals surface area contributed by atoms with E-state index in [1.807, 2.05) is 12.1 Å². The number of nitrogens with two attached hydrogens (primary N) is 1. The van der Waals surface area contributed by atoms with Gasteiger partial charge in [-0.15, -0.1) is 12.6 Å². The van der Waals surface area contributed by atoms with E-state index < -0.39 is 0 Å². The molecule has 3 heteroatoms. The largest absolute Gasteiger partial charge is 0.330 e. The zero-order valence-electron chi connectivity index (χ0n) is 7.66. The molecule has 0 radical (unpaired) electrons. The van der Waals surface area contributed by atoms with Gasteiger partial charge in [0.15, 0.2) is 0 Å². The topological polar surface area (TPSA) is 38.0 Å². The van der Waals surface area contributed by atoms with Crippen molar-refractivity contribution in [1.82, 2.24) is 5.32 Å². The molecule has 0 aliphatic carbocycles. The Morgan fingerprint density at radius 3 is 2.54 bits per heavy atom. The van der Waals surface area contributed by atoms with E-state index in [4.69, 9.17) is 5.73 Å². The van der Waals surface area contributed by atoms with Gasteiger partial charge in [-0.3, -0.25) is 0 Å². The number of thiol groups is 1. The third kappa shape index (κ3) is 4.31. The maximum absolute atomic E-state index is 5.38. The Morgan fingerprint density at radius 2 is 1.92 bits per heavy atom. The predicted octanol–water partition coefficient (Wildman–Crippen LogP) is 1.41. The quantitative estimate of drug-likeness (QED) is 0.492. The Balaban J connectivity index is 2.25. The molecule has 0 spiro atoms. The summed E-state index contributed by atoms with van der Waals surface area (Å²) in [5.41, 5.74) is 6.66. The van der Waals surface area contributed by atoms with Gasteiger partial charge in [0.05, 0.1) is 0 Å². The second-order valence-corrected chi connectivity index (χ2v) is 3.50. The van der Waals surface area contributed by atoms with Gasteiger partial charge in [0.1, 0.15) is 0 Å². The van der Waals surface area contributed by atoms with Crippen LogP contribution >= 0.6 is 12.6 Å². The number of nitrogens with one attached hydrogen (secondary N) is 1. The van der Waals surface area contributed by atoms with E-state index in [-0.39, 0.29) is 0 Å². The normalized spacial score (nSPS) is 10.3. The highest BCUT2D eigenvalue weighted by Crippen LogP contribution is 2.07. The van der Waals surface area contributed by atoms with Crippen LogP contribution in [-0.4, -0.2) is 13.1 Å². The molecular formula is C10H16N2S. The second kappa shape index (κ2) is 6.02. The van der Waals surface area contributed by atoms with Crippen molar-refractivity contribution in [2.45, 2.75) is 17.9 Å². The summed E-state index contributed by atoms with van der Waals surface area (Å²) in [5.74, 6) is 0. The van der Waals surface area contributed by atoms with E-state index in [1.165, 1.54) is 5.56 Å². The molecule has 0 heterocycles. The first-order chi connectivity index (χ1) is 6.33. The Hall–Kier alpha value is -0.510. The Bertz CT molecular complexity index is 233. The van der Waals surface area contributed by atoms with Crippen molar-refractivity contribution in [3.63, 3.8) is 0 Å². The van der Waals surface area contributed by atoms with Gasteiger partial charge in [-0.25, -0.2) is 0 Å². The fourth-order valence-electron chi connectivity index (χ4n) is 1.07. The average molecular weight is 196 g/mol. The van der Waals surface area contributed by atoms with E-state index in [2.05, 4.69) is 30.1 Å². The standard InChI is InChI=1S/C10H16N2S/c11-6-1-7-12-8-9-2-4-10(13)5-3-9/h2-5,12-13H,1,6-8,11H2. The van der Waals surface area contributed by atoms with E-state index in [0.717, 1.165) is 31.0 Å². The van der Waals surface area contributed by atoms with Gasteiger partial charge < -0.3 is 11.1 Å². The second-order valence-electron chi connectivity index (χ2n) is 2.99. The number of benzene rings is 1. The van der Waals surface area contributed by atoms with Crippen LogP contribution in [0, 0.1) is 0 Å². The minimum Gasteiger partial charge on any atom is -0.330 e. The molecule has 0 aliphatic heterocycles. The van der Waals surface area contributed by atoms with Crippen LogP contribution in [0.4, 0.5) is 0 Å². The SMILES string of the molecule is NCCCNCc1ccc(S)cc1. The lowest BCUT2D eigenvalue weighted by Crippen LogP contribution is -2.17. The molecular weight excluding hydrogens is 180 g/mol. The molecule has 13 heavy (non-hydrogen) atoms. The molecule has 0 aromatic heterocycles. The average Bonchev–Trinajstić information content (AvgIpc) is 2.15. The molecule has 0 aliphatic rings. The molecule has 0 fully saturated rings. The fraction of sp³-hybridized carbons (Fsp3) is 0.400. The molecule has 72 valence electrons. The van der Waals surface area contributed by atoms with E-state index >= 15 is 0 Å². The molecule has 0 atom stereocenters. The van der Waals surface area contributed by atoms with Crippen molar-refractivity contribution in [2.24, 2.45) is 5.73 Å². The van der Waals surface area contributed by atoms with Crippen molar-refractivity contribution >= 4 is 12.6 Å². The maximum Gasteiger partial charge on any atom is 0.0205 e. The zero-order chi connectivity index (χ0) is 9.52. The van der Waals surface area contributed by atoms with Crippen LogP contribution < -0.4 is 11.1 Å². The summed E-state index contributed by atoms with van der Waals surface area (Å²) in [6.45, 7) is 2.65. The van der Waals surface area contributed by atoms with Crippen LogP contribution in [0.15, 0.2) is 29.2 Å². The van der Waals surface area contributed by atoms with Crippen LogP contribution in [0.1, 0.15) is 12.0 Å². The molecule has 1 rings (SSSR count). The third-order valence-electron chi connectivity index (χ3n) is 1.82. The predicted molar refractivity (Wildman–Crippen MR) is 59.1 cm³/mol. The van der Waals surface area contributed by atoms with Crippen molar-refractivity contribution < 1.29 is 0 Å². The van der Waals surface area contributed by atoms with Gasteiger partial charge in [0, 0.05) is 11.4 Å². The Kier molecular flexibility index (Phi) is 4.90. The first-order valence-electron chi connectivity index (χ1n) is 4.51. The summed E-state index contributed by atoms with van der Waals surface area (Å²) in [4.78, 5) is 1.01. The summed E-state index contributed by atoms with van der Waals surface area (Å²) in [6, 6.07) is 8.17. The lowest BCUT2D eigenvalue weighted by molar-refractivity contribution is 0.655. The molecule has 0 saturated carbocycles. The summed E-state index contributed by atoms with van der Waals surface area (Å²) in [7, 11) is 0. The number of hydrogen-bond acceptors (Lipinski definition) is 3. The van der Waals surface area contributed by atoms with E-state index in [1.54, 1.807) is 0 Å². The highest BCUT2D eigenvalue weighted by Gasteiger charge is 1.91.